The van der Waals surface area contributed by atoms with Crippen molar-refractivity contribution >= 4 is 40.9 Å². The van der Waals surface area contributed by atoms with E-state index in [2.05, 4.69) is 12.7 Å². The molecule has 1 fully saturated rings. The summed E-state index contributed by atoms with van der Waals surface area (Å²) >= 11 is 7.68. The number of carbonyl (C=O) groups is 1. The number of allylic oxidation sites excluding steroid dienone is 1. The number of benzene rings is 3. The lowest BCUT2D eigenvalue weighted by Crippen LogP contribution is -2.70. The fraction of sp³-hybridized carbons (Fsp3) is 0.500. The zero-order chi connectivity index (χ0) is 46.2. The Morgan fingerprint density at radius 3 is 2.42 bits per heavy atom. The topological polar surface area (TPSA) is 192 Å². The Bertz CT molecular complexity index is 2090. The number of nitro benzene ring substituents is 1. The van der Waals surface area contributed by atoms with E-state index in [1.54, 1.807) is 30.0 Å². The molecule has 0 spiro atoms. The molecule has 0 bridgehead atoms. The molecule has 3 aliphatic rings. The van der Waals surface area contributed by atoms with Gasteiger partial charge in [-0.1, -0.05) is 30.1 Å². The Balaban J connectivity index is 1.56. The Morgan fingerprint density at radius 2 is 1.74 bits per heavy atom. The molecule has 1 aliphatic heterocycles. The number of fused-ring (bicyclic) bond motifs is 2. The largest absolute Gasteiger partial charge is 0.459 e. The van der Waals surface area contributed by atoms with Gasteiger partial charge in [-0.25, -0.2) is 4.79 Å². The molecular formula is C48H60ClN3O12S. The van der Waals surface area contributed by atoms with Crippen LogP contribution in [0.1, 0.15) is 62.0 Å². The molecular weight excluding hydrogens is 878 g/mol. The third-order valence-corrected chi connectivity index (χ3v) is 13.0. The summed E-state index contributed by atoms with van der Waals surface area (Å²) in [4.78, 5) is 34.0. The first-order valence-corrected chi connectivity index (χ1v) is 23.9. The molecule has 0 aromatic heterocycles. The number of thioether (sulfide) groups is 1. The fourth-order valence-electron chi connectivity index (χ4n) is 9.30. The van der Waals surface area contributed by atoms with Crippen molar-refractivity contribution in [3.05, 3.63) is 112 Å². The molecule has 17 heteroatoms. The maximum absolute atomic E-state index is 14.3. The van der Waals surface area contributed by atoms with Crippen molar-refractivity contribution in [2.45, 2.75) is 74.2 Å². The third kappa shape index (κ3) is 12.2. The van der Waals surface area contributed by atoms with Crippen molar-refractivity contribution in [3.8, 4) is 17.2 Å². The van der Waals surface area contributed by atoms with Gasteiger partial charge >= 0.3 is 6.09 Å². The van der Waals surface area contributed by atoms with Crippen molar-refractivity contribution in [3.63, 3.8) is 0 Å². The van der Waals surface area contributed by atoms with Crippen LogP contribution in [0.3, 0.4) is 0 Å². The molecule has 3 aromatic rings. The van der Waals surface area contributed by atoms with Crippen LogP contribution in [-0.4, -0.2) is 114 Å². The second kappa shape index (κ2) is 24.7. The Labute approximate surface area is 389 Å². The fourth-order valence-corrected chi connectivity index (χ4v) is 9.79. The molecule has 15 nitrogen and oxygen atoms in total. The van der Waals surface area contributed by atoms with Gasteiger partial charge in [-0.15, -0.1) is 29.9 Å². The van der Waals surface area contributed by atoms with E-state index in [0.717, 1.165) is 41.7 Å². The molecule has 3 N–H and O–H groups in total. The summed E-state index contributed by atoms with van der Waals surface area (Å²) in [5, 5.41) is 45.6. The van der Waals surface area contributed by atoms with Crippen molar-refractivity contribution in [2.24, 2.45) is 22.9 Å². The molecule has 1 amide bonds. The van der Waals surface area contributed by atoms with Gasteiger partial charge in [0.1, 0.15) is 36.5 Å². The summed E-state index contributed by atoms with van der Waals surface area (Å²) in [6, 6.07) is 18.8. The highest BCUT2D eigenvalue weighted by Crippen LogP contribution is 2.62. The monoisotopic (exact) mass is 937 g/mol. The summed E-state index contributed by atoms with van der Waals surface area (Å²) in [6.45, 7) is 4.01. The minimum atomic E-state index is -1.56. The van der Waals surface area contributed by atoms with Crippen molar-refractivity contribution in [1.82, 2.24) is 4.90 Å². The number of alkyl halides is 1. The van der Waals surface area contributed by atoms with Gasteiger partial charge < -0.3 is 43.8 Å². The number of nitrogens with zero attached hydrogens (tertiary/aromatic N) is 3. The summed E-state index contributed by atoms with van der Waals surface area (Å²) in [7, 11) is 0. The molecule has 0 saturated heterocycles. The van der Waals surface area contributed by atoms with E-state index in [-0.39, 0.29) is 95.1 Å². The van der Waals surface area contributed by atoms with Crippen LogP contribution >= 0.6 is 23.4 Å². The molecule has 6 rings (SSSR count). The number of hydrogen-bond acceptors (Lipinski definition) is 14. The van der Waals surface area contributed by atoms with Gasteiger partial charge in [0.05, 0.1) is 48.9 Å². The molecule has 2 aliphatic carbocycles. The summed E-state index contributed by atoms with van der Waals surface area (Å²) in [6.07, 6.45) is 9.51. The van der Waals surface area contributed by atoms with Crippen LogP contribution in [0.5, 0.6) is 17.2 Å². The van der Waals surface area contributed by atoms with Crippen LogP contribution < -0.4 is 9.47 Å². The maximum Gasteiger partial charge on any atom is 0.410 e. The molecule has 1 saturated carbocycles. The van der Waals surface area contributed by atoms with Gasteiger partial charge in [-0.05, 0) is 110 Å². The van der Waals surface area contributed by atoms with Gasteiger partial charge in [-0.2, -0.15) is 0 Å². The predicted octanol–water partition coefficient (Wildman–Crippen LogP) is 8.63. The van der Waals surface area contributed by atoms with Crippen LogP contribution in [0.4, 0.5) is 10.5 Å². The predicted molar refractivity (Wildman–Crippen MR) is 248 cm³/mol. The Kier molecular flexibility index (Phi) is 18.9. The first kappa shape index (κ1) is 49.7. The lowest BCUT2D eigenvalue weighted by atomic mass is 9.55. The average molecular weight is 939 g/mol. The molecule has 1 heterocycles. The molecule has 0 radical (unpaired) electrons. The van der Waals surface area contributed by atoms with E-state index < -0.39 is 28.8 Å². The SMILES string of the molecule is C=CCOC12Oc3ccc(Oc4ccc(SC)cc4)cc3C3C(CCCCO)C(CCCCO)C=C(C(=NOCc4ccc([N+](=O)[O-])cc4)CC1N(CCOCCO)C(=O)OCCCl)C32. The van der Waals surface area contributed by atoms with E-state index in [0.29, 0.717) is 41.4 Å². The number of unbranched alkanes of at least 4 members (excludes halogenated alkanes) is 2. The minimum absolute atomic E-state index is 0.00376. The number of rotatable bonds is 26. The smallest absolute Gasteiger partial charge is 0.410 e. The van der Waals surface area contributed by atoms with Crippen molar-refractivity contribution < 1.29 is 53.6 Å². The third-order valence-electron chi connectivity index (χ3n) is 12.1. The first-order chi connectivity index (χ1) is 31.7. The highest BCUT2D eigenvalue weighted by molar-refractivity contribution is 7.98. The number of carbonyl (C=O) groups excluding carboxylic acids is 1. The van der Waals surface area contributed by atoms with Gasteiger partial charge in [0.25, 0.3) is 5.69 Å². The molecule has 6 atom stereocenters. The van der Waals surface area contributed by atoms with Crippen LogP contribution in [0.15, 0.2) is 101 Å². The molecule has 6 unspecified atom stereocenters. The van der Waals surface area contributed by atoms with Crippen LogP contribution in [0.2, 0.25) is 0 Å². The highest BCUT2D eigenvalue weighted by Gasteiger charge is 2.65. The van der Waals surface area contributed by atoms with Crippen molar-refractivity contribution in [1.29, 1.82) is 0 Å². The van der Waals surface area contributed by atoms with Crippen LogP contribution in [0.25, 0.3) is 0 Å². The van der Waals surface area contributed by atoms with Gasteiger partial charge in [0.15, 0.2) is 0 Å². The Morgan fingerprint density at radius 1 is 1.00 bits per heavy atom. The van der Waals surface area contributed by atoms with Crippen LogP contribution in [-0.2, 0) is 25.7 Å². The normalized spacial score (nSPS) is 22.5. The molecule has 3 aromatic carbocycles. The lowest BCUT2D eigenvalue weighted by molar-refractivity contribution is -0.384. The number of halogens is 1. The zero-order valence-electron chi connectivity index (χ0n) is 36.8. The van der Waals surface area contributed by atoms with E-state index in [9.17, 15) is 30.2 Å². The molecule has 65 heavy (non-hydrogen) atoms. The second-order valence-corrected chi connectivity index (χ2v) is 17.3. The van der Waals surface area contributed by atoms with Crippen LogP contribution in [0, 0.1) is 27.9 Å². The number of ether oxygens (including phenoxy) is 5. The summed E-state index contributed by atoms with van der Waals surface area (Å²) in [5.74, 6) is -0.666. The lowest BCUT2D eigenvalue weighted by Gasteiger charge is -2.59. The van der Waals surface area contributed by atoms with Gasteiger partial charge in [-0.3, -0.25) is 15.0 Å². The summed E-state index contributed by atoms with van der Waals surface area (Å²) < 4.78 is 32.2. The van der Waals surface area contributed by atoms with E-state index >= 15 is 0 Å². The van der Waals surface area contributed by atoms with E-state index in [1.165, 1.54) is 17.0 Å². The number of oxime groups is 1. The molecule has 352 valence electrons. The number of hydrogen-bond donors (Lipinski definition) is 3. The van der Waals surface area contributed by atoms with Crippen molar-refractivity contribution in [2.75, 3.05) is 64.9 Å². The van der Waals surface area contributed by atoms with E-state index in [4.69, 9.17) is 45.3 Å². The quantitative estimate of drug-likeness (QED) is 0.0173. The minimum Gasteiger partial charge on any atom is -0.459 e. The average Bonchev–Trinajstić information content (AvgIpc) is 3.32. The Hall–Kier alpha value is -4.68. The second-order valence-electron chi connectivity index (χ2n) is 16.1. The van der Waals surface area contributed by atoms with E-state index in [1.807, 2.05) is 48.7 Å². The standard InChI is InChI=1S/C48H60ClN3O12S/c1-3-25-61-48-44(51(21-27-59-28-24-55)47(56)60-26-20-49)31-42(50-62-32-33-10-12-35(13-11-33)52(57)58)40-29-34(8-4-6-22-53)39(9-5-7-23-54)45(46(40)48)41-30-37(16-19-43(41)64-48)63-36-14-17-38(65-2)18-15-36/h3,10-19,29-30,34,39,44-46,53-55H,1,4-9,20-28,31-32H2,2H3. The van der Waals surface area contributed by atoms with Gasteiger partial charge in [0, 0.05) is 54.7 Å². The number of non-ortho nitro benzene ring substituents is 1. The number of aliphatic hydroxyl groups excluding tert-OH is 3. The first-order valence-electron chi connectivity index (χ1n) is 22.1. The maximum atomic E-state index is 14.3. The zero-order valence-corrected chi connectivity index (χ0v) is 38.3. The van der Waals surface area contributed by atoms with Gasteiger partial charge in [0.2, 0.25) is 5.79 Å². The highest BCUT2D eigenvalue weighted by atomic mass is 35.5. The number of amides is 1. The number of aliphatic hydroxyl groups is 3. The summed E-state index contributed by atoms with van der Waals surface area (Å²) in [5.41, 5.74) is 2.86. The number of nitro groups is 1.